The largest absolute Gasteiger partial charge is 0.378 e. The van der Waals surface area contributed by atoms with Crippen LogP contribution in [0.4, 0.5) is 11.6 Å². The van der Waals surface area contributed by atoms with Crippen molar-refractivity contribution in [3.63, 3.8) is 0 Å². The van der Waals surface area contributed by atoms with Crippen molar-refractivity contribution in [3.8, 4) is 0 Å². The van der Waals surface area contributed by atoms with Gasteiger partial charge in [-0.15, -0.1) is 0 Å². The topological polar surface area (TPSA) is 67.4 Å². The third kappa shape index (κ3) is 3.71. The van der Waals surface area contributed by atoms with Crippen molar-refractivity contribution in [1.82, 2.24) is 9.97 Å². The maximum atomic E-state index is 12.5. The number of hydrogen-bond acceptors (Lipinski definition) is 5. The Hall–Kier alpha value is -2.47. The van der Waals surface area contributed by atoms with Gasteiger partial charge in [-0.1, -0.05) is 19.1 Å². The molecule has 6 heteroatoms. The quantitative estimate of drug-likeness (QED) is 0.935. The summed E-state index contributed by atoms with van der Waals surface area (Å²) in [7, 11) is 0. The van der Waals surface area contributed by atoms with E-state index in [2.05, 4.69) is 27.1 Å². The van der Waals surface area contributed by atoms with Crippen molar-refractivity contribution in [3.05, 3.63) is 47.3 Å². The van der Waals surface area contributed by atoms with E-state index in [-0.39, 0.29) is 5.91 Å². The van der Waals surface area contributed by atoms with Crippen LogP contribution >= 0.6 is 0 Å². The van der Waals surface area contributed by atoms with Crippen molar-refractivity contribution in [1.29, 1.82) is 0 Å². The molecule has 0 spiro atoms. The Bertz CT molecular complexity index is 727. The number of rotatable bonds is 4. The van der Waals surface area contributed by atoms with Gasteiger partial charge in [-0.3, -0.25) is 4.79 Å². The molecule has 0 atom stereocenters. The zero-order valence-electron chi connectivity index (χ0n) is 14.1. The van der Waals surface area contributed by atoms with Crippen LogP contribution in [0.5, 0.6) is 0 Å². The Kier molecular flexibility index (Phi) is 5.05. The van der Waals surface area contributed by atoms with Gasteiger partial charge in [0.25, 0.3) is 5.91 Å². The van der Waals surface area contributed by atoms with Crippen LogP contribution in [0, 0.1) is 6.92 Å². The number of nitrogens with one attached hydrogen (secondary N) is 1. The molecule has 1 aliphatic heterocycles. The molecule has 24 heavy (non-hydrogen) atoms. The van der Waals surface area contributed by atoms with Crippen LogP contribution in [0.1, 0.15) is 28.5 Å². The molecule has 1 aromatic carbocycles. The smallest absolute Gasteiger partial charge is 0.259 e. The van der Waals surface area contributed by atoms with Gasteiger partial charge in [-0.25, -0.2) is 9.97 Å². The second kappa shape index (κ2) is 7.40. The Labute approximate surface area is 141 Å². The molecule has 0 aliphatic carbocycles. The first-order valence-electron chi connectivity index (χ1n) is 8.24. The van der Waals surface area contributed by atoms with Crippen molar-refractivity contribution >= 4 is 17.5 Å². The van der Waals surface area contributed by atoms with Gasteiger partial charge in [0.05, 0.1) is 24.5 Å². The molecule has 0 bridgehead atoms. The van der Waals surface area contributed by atoms with Crippen LogP contribution in [0.15, 0.2) is 30.5 Å². The second-order valence-corrected chi connectivity index (χ2v) is 5.78. The van der Waals surface area contributed by atoms with E-state index in [0.29, 0.717) is 30.4 Å². The number of benzene rings is 1. The molecule has 1 saturated heterocycles. The molecule has 0 saturated carbocycles. The molecule has 1 N–H and O–H groups in total. The number of morpholine rings is 1. The highest BCUT2D eigenvalue weighted by atomic mass is 16.5. The maximum Gasteiger partial charge on any atom is 0.259 e. The molecule has 0 radical (unpaired) electrons. The van der Waals surface area contributed by atoms with Gasteiger partial charge in [0.1, 0.15) is 0 Å². The molecule has 1 aliphatic rings. The molecule has 126 valence electrons. The van der Waals surface area contributed by atoms with Gasteiger partial charge >= 0.3 is 0 Å². The third-order valence-corrected chi connectivity index (χ3v) is 4.10. The monoisotopic (exact) mass is 326 g/mol. The number of amides is 1. The lowest BCUT2D eigenvalue weighted by Crippen LogP contribution is -2.37. The highest BCUT2D eigenvalue weighted by molar-refractivity contribution is 6.04. The predicted molar refractivity (Wildman–Crippen MR) is 93.6 cm³/mol. The van der Waals surface area contributed by atoms with Crippen molar-refractivity contribution < 1.29 is 9.53 Å². The normalized spacial score (nSPS) is 14.5. The molecule has 6 nitrogen and oxygen atoms in total. The average Bonchev–Trinajstić information content (AvgIpc) is 2.62. The lowest BCUT2D eigenvalue weighted by atomic mass is 10.1. The van der Waals surface area contributed by atoms with Gasteiger partial charge in [0, 0.05) is 25.0 Å². The zero-order valence-corrected chi connectivity index (χ0v) is 14.1. The third-order valence-electron chi connectivity index (χ3n) is 4.10. The Morgan fingerprint density at radius 3 is 2.83 bits per heavy atom. The molecule has 2 heterocycles. The zero-order chi connectivity index (χ0) is 16.9. The van der Waals surface area contributed by atoms with Crippen LogP contribution in [0.25, 0.3) is 0 Å². The number of hydrogen-bond donors (Lipinski definition) is 1. The van der Waals surface area contributed by atoms with E-state index in [4.69, 9.17) is 4.74 Å². The van der Waals surface area contributed by atoms with Gasteiger partial charge in [0.2, 0.25) is 5.95 Å². The number of aromatic nitrogens is 2. The van der Waals surface area contributed by atoms with Gasteiger partial charge in [0.15, 0.2) is 0 Å². The maximum absolute atomic E-state index is 12.5. The highest BCUT2D eigenvalue weighted by Gasteiger charge is 2.17. The molecular formula is C18H22N4O2. The van der Waals surface area contributed by atoms with Crippen LogP contribution in [-0.4, -0.2) is 42.2 Å². The van der Waals surface area contributed by atoms with E-state index in [1.54, 1.807) is 6.20 Å². The summed E-state index contributed by atoms with van der Waals surface area (Å²) in [5, 5.41) is 2.92. The minimum atomic E-state index is -0.186. The van der Waals surface area contributed by atoms with E-state index in [9.17, 15) is 4.79 Å². The number of anilines is 2. The van der Waals surface area contributed by atoms with Gasteiger partial charge < -0.3 is 15.0 Å². The Balaban J connectivity index is 1.74. The lowest BCUT2D eigenvalue weighted by Gasteiger charge is -2.27. The van der Waals surface area contributed by atoms with E-state index >= 15 is 0 Å². The highest BCUT2D eigenvalue weighted by Crippen LogP contribution is 2.16. The molecule has 1 amide bonds. The summed E-state index contributed by atoms with van der Waals surface area (Å²) < 4.78 is 5.34. The number of aryl methyl sites for hydroxylation is 2. The molecular weight excluding hydrogens is 304 g/mol. The average molecular weight is 326 g/mol. The Morgan fingerprint density at radius 1 is 1.33 bits per heavy atom. The molecule has 2 aromatic rings. The summed E-state index contributed by atoms with van der Waals surface area (Å²) >= 11 is 0. The first kappa shape index (κ1) is 16.4. The van der Waals surface area contributed by atoms with Gasteiger partial charge in [-0.05, 0) is 31.0 Å². The molecule has 1 aromatic heterocycles. The summed E-state index contributed by atoms with van der Waals surface area (Å²) in [4.78, 5) is 23.4. The fraction of sp³-hybridized carbons (Fsp3) is 0.389. The summed E-state index contributed by atoms with van der Waals surface area (Å²) in [5.74, 6) is 0.467. The first-order chi connectivity index (χ1) is 11.7. The van der Waals surface area contributed by atoms with Crippen LogP contribution < -0.4 is 10.2 Å². The summed E-state index contributed by atoms with van der Waals surface area (Å²) in [6, 6.07) is 7.85. The Morgan fingerprint density at radius 2 is 2.12 bits per heavy atom. The number of nitrogens with zero attached hydrogens (tertiary/aromatic N) is 3. The lowest BCUT2D eigenvalue weighted by molar-refractivity contribution is 0.102. The summed E-state index contributed by atoms with van der Waals surface area (Å²) in [6.07, 6.45) is 2.53. The fourth-order valence-electron chi connectivity index (χ4n) is 2.66. The van der Waals surface area contributed by atoms with Crippen molar-refractivity contribution in [2.24, 2.45) is 0 Å². The van der Waals surface area contributed by atoms with Crippen molar-refractivity contribution in [2.75, 3.05) is 36.5 Å². The van der Waals surface area contributed by atoms with Crippen molar-refractivity contribution in [2.45, 2.75) is 20.3 Å². The van der Waals surface area contributed by atoms with E-state index in [1.807, 2.05) is 31.2 Å². The molecule has 0 unspecified atom stereocenters. The van der Waals surface area contributed by atoms with Crippen LogP contribution in [-0.2, 0) is 11.2 Å². The second-order valence-electron chi connectivity index (χ2n) is 5.78. The minimum absolute atomic E-state index is 0.186. The summed E-state index contributed by atoms with van der Waals surface area (Å²) in [5.41, 5.74) is 3.14. The van der Waals surface area contributed by atoms with Crippen LogP contribution in [0.2, 0.25) is 0 Å². The van der Waals surface area contributed by atoms with Gasteiger partial charge in [-0.2, -0.15) is 0 Å². The number of carbonyl (C=O) groups excluding carboxylic acids is 1. The molecule has 3 rings (SSSR count). The molecule has 1 fully saturated rings. The van der Waals surface area contributed by atoms with E-state index in [0.717, 1.165) is 25.2 Å². The number of ether oxygens (including phenoxy) is 1. The van der Waals surface area contributed by atoms with Crippen LogP contribution in [0.3, 0.4) is 0 Å². The van der Waals surface area contributed by atoms with E-state index in [1.165, 1.54) is 5.56 Å². The van der Waals surface area contributed by atoms with E-state index < -0.39 is 0 Å². The fourth-order valence-corrected chi connectivity index (χ4v) is 2.66. The summed E-state index contributed by atoms with van der Waals surface area (Å²) in [6.45, 7) is 6.83. The SMILES string of the molecule is CCc1cccc(NC(=O)c2cnc(N3CCOCC3)nc2C)c1. The predicted octanol–water partition coefficient (Wildman–Crippen LogP) is 2.44. The first-order valence-corrected chi connectivity index (χ1v) is 8.24. The standard InChI is InChI=1S/C18H22N4O2/c1-3-14-5-4-6-15(11-14)21-17(23)16-12-19-18(20-13(16)2)22-7-9-24-10-8-22/h4-6,11-12H,3,7-10H2,1-2H3,(H,21,23). The minimum Gasteiger partial charge on any atom is -0.378 e. The number of carbonyl (C=O) groups is 1.